The molecule has 2 atom stereocenters. The van der Waals surface area contributed by atoms with Crippen LogP contribution in [0, 0.1) is 0 Å². The number of methoxy groups -OCH3 is 2. The minimum Gasteiger partial charge on any atom is -0.497 e. The first-order chi connectivity index (χ1) is 14.9. The summed E-state index contributed by atoms with van der Waals surface area (Å²) in [4.78, 5) is 39.4. The molecule has 2 aromatic carbocycles. The van der Waals surface area contributed by atoms with E-state index in [2.05, 4.69) is 31.6 Å². The second-order valence-corrected chi connectivity index (χ2v) is 7.75. The molecule has 1 saturated heterocycles. The molecule has 2 aromatic rings. The maximum absolute atomic E-state index is 13.0. The van der Waals surface area contributed by atoms with Crippen molar-refractivity contribution < 1.29 is 23.9 Å². The largest absolute Gasteiger partial charge is 0.497 e. The molecule has 160 valence electrons. The highest BCUT2D eigenvalue weighted by Gasteiger charge is 2.55. The zero-order chi connectivity index (χ0) is 22.1. The highest BCUT2D eigenvalue weighted by Crippen LogP contribution is 2.32. The molecule has 0 saturated carbocycles. The number of benzene rings is 2. The van der Waals surface area contributed by atoms with Gasteiger partial charge < -0.3 is 14.8 Å². The molecule has 0 bridgehead atoms. The van der Waals surface area contributed by atoms with Crippen LogP contribution in [0.3, 0.4) is 0 Å². The van der Waals surface area contributed by atoms with Crippen LogP contribution in [0.25, 0.3) is 0 Å². The van der Waals surface area contributed by atoms with Crippen LogP contribution in [0.15, 0.2) is 57.3 Å². The monoisotopic (exact) mass is 487 g/mol. The van der Waals surface area contributed by atoms with E-state index in [1.54, 1.807) is 42.5 Å². The van der Waals surface area contributed by atoms with E-state index in [0.717, 1.165) is 9.37 Å². The van der Waals surface area contributed by atoms with Crippen molar-refractivity contribution >= 4 is 45.0 Å². The summed E-state index contributed by atoms with van der Waals surface area (Å²) in [5.74, 6) is -0.355. The van der Waals surface area contributed by atoms with Gasteiger partial charge in [-0.15, -0.1) is 0 Å². The number of hydrogen-bond donors (Lipinski definition) is 1. The number of ether oxygens (including phenoxy) is 2. The van der Waals surface area contributed by atoms with Crippen LogP contribution in [0.5, 0.6) is 11.5 Å². The standard InChI is InChI=1S/C20H18BrN5O5/c1-30-14-7-12(8-15(9-14)31-2)22-16(27)10-25-18-17(23-24-25)19(28)26(20(18)29)13-5-3-11(21)4-6-13/h3-9,17-18H,10H2,1-2H3,(H,22,27)/t17-,18+/m0/s1. The van der Waals surface area contributed by atoms with E-state index in [9.17, 15) is 14.4 Å². The average Bonchev–Trinajstić information content (AvgIpc) is 3.28. The fourth-order valence-corrected chi connectivity index (χ4v) is 3.69. The molecule has 2 heterocycles. The summed E-state index contributed by atoms with van der Waals surface area (Å²) < 4.78 is 11.2. The number of halogens is 1. The summed E-state index contributed by atoms with van der Waals surface area (Å²) in [7, 11) is 3.01. The predicted octanol–water partition coefficient (Wildman–Crippen LogP) is 2.40. The number of hydrogen-bond acceptors (Lipinski definition) is 8. The van der Waals surface area contributed by atoms with E-state index in [4.69, 9.17) is 9.47 Å². The van der Waals surface area contributed by atoms with Gasteiger partial charge in [0.1, 0.15) is 18.0 Å². The fourth-order valence-electron chi connectivity index (χ4n) is 3.43. The number of carbonyl (C=O) groups excluding carboxylic acids is 3. The maximum Gasteiger partial charge on any atom is 0.263 e. The Morgan fingerprint density at radius 2 is 1.71 bits per heavy atom. The van der Waals surface area contributed by atoms with Gasteiger partial charge in [-0.25, -0.2) is 4.90 Å². The number of amides is 3. The SMILES string of the molecule is COc1cc(NC(=O)CN2N=N[C@@H]3C(=O)N(c4ccc(Br)cc4)C(=O)[C@@H]32)cc(OC)c1. The van der Waals surface area contributed by atoms with Gasteiger partial charge in [0.05, 0.1) is 19.9 Å². The second-order valence-electron chi connectivity index (χ2n) is 6.83. The summed E-state index contributed by atoms with van der Waals surface area (Å²) in [6.07, 6.45) is 0. The van der Waals surface area contributed by atoms with Gasteiger partial charge >= 0.3 is 0 Å². The van der Waals surface area contributed by atoms with Crippen LogP contribution >= 0.6 is 15.9 Å². The molecule has 1 N–H and O–H groups in total. The van der Waals surface area contributed by atoms with E-state index in [0.29, 0.717) is 22.9 Å². The topological polar surface area (TPSA) is 113 Å². The van der Waals surface area contributed by atoms with Crippen molar-refractivity contribution in [1.29, 1.82) is 0 Å². The normalized spacial score (nSPS) is 19.6. The van der Waals surface area contributed by atoms with Gasteiger partial charge in [-0.1, -0.05) is 21.2 Å². The highest BCUT2D eigenvalue weighted by molar-refractivity contribution is 9.10. The van der Waals surface area contributed by atoms with Crippen molar-refractivity contribution in [2.45, 2.75) is 12.1 Å². The lowest BCUT2D eigenvalue weighted by molar-refractivity contribution is -0.123. The molecule has 2 aliphatic rings. The van der Waals surface area contributed by atoms with Crippen LogP contribution in [0.2, 0.25) is 0 Å². The minimum absolute atomic E-state index is 0.253. The van der Waals surface area contributed by atoms with Crippen LogP contribution in [0.4, 0.5) is 11.4 Å². The third-order valence-corrected chi connectivity index (χ3v) is 5.41. The molecule has 0 aliphatic carbocycles. The van der Waals surface area contributed by atoms with Crippen molar-refractivity contribution in [3.05, 3.63) is 46.9 Å². The fraction of sp³-hybridized carbons (Fsp3) is 0.250. The molecule has 0 radical (unpaired) electrons. The van der Waals surface area contributed by atoms with Gasteiger partial charge in [0.15, 0.2) is 12.1 Å². The van der Waals surface area contributed by atoms with Crippen LogP contribution < -0.4 is 19.7 Å². The molecule has 0 unspecified atom stereocenters. The third-order valence-electron chi connectivity index (χ3n) is 4.88. The quantitative estimate of drug-likeness (QED) is 0.625. The number of anilines is 2. The molecular weight excluding hydrogens is 470 g/mol. The van der Waals surface area contributed by atoms with E-state index >= 15 is 0 Å². The Bertz CT molecular complexity index is 1050. The predicted molar refractivity (Wildman–Crippen MR) is 114 cm³/mol. The van der Waals surface area contributed by atoms with Crippen molar-refractivity contribution in [3.63, 3.8) is 0 Å². The first kappa shape index (κ1) is 20.8. The van der Waals surface area contributed by atoms with Crippen LogP contribution in [0.1, 0.15) is 0 Å². The Balaban J connectivity index is 1.48. The van der Waals surface area contributed by atoms with Gasteiger partial charge in [0.25, 0.3) is 11.8 Å². The summed E-state index contributed by atoms with van der Waals surface area (Å²) >= 11 is 3.32. The zero-order valence-corrected chi connectivity index (χ0v) is 18.2. The molecule has 31 heavy (non-hydrogen) atoms. The Morgan fingerprint density at radius 3 is 2.32 bits per heavy atom. The van der Waals surface area contributed by atoms with Crippen molar-refractivity contribution in [1.82, 2.24) is 5.01 Å². The van der Waals surface area contributed by atoms with Gasteiger partial charge in [0.2, 0.25) is 5.91 Å². The summed E-state index contributed by atoms with van der Waals surface area (Å²) in [6, 6.07) is 9.80. The van der Waals surface area contributed by atoms with Crippen LogP contribution in [-0.4, -0.2) is 55.6 Å². The van der Waals surface area contributed by atoms with Crippen molar-refractivity contribution in [2.75, 3.05) is 31.0 Å². The summed E-state index contributed by atoms with van der Waals surface area (Å²) in [5, 5.41) is 11.8. The number of fused-ring (bicyclic) bond motifs is 1. The highest BCUT2D eigenvalue weighted by atomic mass is 79.9. The Morgan fingerprint density at radius 1 is 1.06 bits per heavy atom. The molecule has 0 aromatic heterocycles. The van der Waals surface area contributed by atoms with Crippen molar-refractivity contribution in [3.8, 4) is 11.5 Å². The first-order valence-electron chi connectivity index (χ1n) is 9.25. The zero-order valence-electron chi connectivity index (χ0n) is 16.6. The smallest absolute Gasteiger partial charge is 0.263 e. The molecule has 0 spiro atoms. The van der Waals surface area contributed by atoms with Gasteiger partial charge in [0, 0.05) is 28.4 Å². The third kappa shape index (κ3) is 3.96. The lowest BCUT2D eigenvalue weighted by Gasteiger charge is -2.20. The van der Waals surface area contributed by atoms with E-state index < -0.39 is 29.8 Å². The van der Waals surface area contributed by atoms with Crippen LogP contribution in [-0.2, 0) is 14.4 Å². The summed E-state index contributed by atoms with van der Waals surface area (Å²) in [6.45, 7) is -0.253. The van der Waals surface area contributed by atoms with E-state index in [1.165, 1.54) is 19.2 Å². The number of nitrogens with one attached hydrogen (secondary N) is 1. The Labute approximate surface area is 185 Å². The lowest BCUT2D eigenvalue weighted by Crippen LogP contribution is -2.43. The molecule has 10 nitrogen and oxygen atoms in total. The van der Waals surface area contributed by atoms with Gasteiger partial charge in [-0.3, -0.25) is 19.4 Å². The number of nitrogens with zero attached hydrogens (tertiary/aromatic N) is 4. The molecule has 1 fully saturated rings. The number of carbonyl (C=O) groups is 3. The average molecular weight is 488 g/mol. The first-order valence-corrected chi connectivity index (χ1v) is 10.0. The van der Waals surface area contributed by atoms with Crippen molar-refractivity contribution in [2.24, 2.45) is 10.3 Å². The van der Waals surface area contributed by atoms with Gasteiger partial charge in [-0.05, 0) is 24.3 Å². The lowest BCUT2D eigenvalue weighted by atomic mass is 10.1. The van der Waals surface area contributed by atoms with E-state index in [-0.39, 0.29) is 6.54 Å². The minimum atomic E-state index is -0.971. The molecule has 11 heteroatoms. The van der Waals surface area contributed by atoms with Gasteiger partial charge in [-0.2, -0.15) is 5.11 Å². The maximum atomic E-state index is 13.0. The Hall–Kier alpha value is -3.47. The number of imide groups is 1. The Kier molecular flexibility index (Phi) is 5.59. The molecular formula is C20H18BrN5O5. The number of rotatable bonds is 6. The second kappa shape index (κ2) is 8.34. The summed E-state index contributed by atoms with van der Waals surface area (Å²) in [5.41, 5.74) is 0.898. The molecule has 2 aliphatic heterocycles. The molecule has 3 amide bonds. The van der Waals surface area contributed by atoms with E-state index in [1.807, 2.05) is 0 Å². The molecule has 4 rings (SSSR count).